The standard InChI is InChI=1S/C18H26N2O/c1-13(2)17-14(3)4-5-16(19-17)15-6-8-18(9-7-15)10-20(11-18)12-21/h4-5,12-13,15H,6-11H2,1-3H3. The quantitative estimate of drug-likeness (QED) is 0.795. The number of pyridine rings is 1. The van der Waals surface area contributed by atoms with Gasteiger partial charge in [0.15, 0.2) is 0 Å². The van der Waals surface area contributed by atoms with Gasteiger partial charge in [-0.3, -0.25) is 9.78 Å². The van der Waals surface area contributed by atoms with Gasteiger partial charge in [0.2, 0.25) is 6.41 Å². The van der Waals surface area contributed by atoms with Crippen LogP contribution in [0.5, 0.6) is 0 Å². The molecule has 3 heteroatoms. The zero-order valence-electron chi connectivity index (χ0n) is 13.4. The Hall–Kier alpha value is -1.38. The lowest BCUT2D eigenvalue weighted by Crippen LogP contribution is -2.56. The van der Waals surface area contributed by atoms with Gasteiger partial charge in [-0.15, -0.1) is 0 Å². The van der Waals surface area contributed by atoms with Gasteiger partial charge in [-0.25, -0.2) is 0 Å². The fourth-order valence-corrected chi connectivity index (χ4v) is 4.10. The third-order valence-corrected chi connectivity index (χ3v) is 5.40. The van der Waals surface area contributed by atoms with E-state index in [-0.39, 0.29) is 0 Å². The monoisotopic (exact) mass is 286 g/mol. The van der Waals surface area contributed by atoms with Crippen LogP contribution in [0.25, 0.3) is 0 Å². The molecule has 2 aliphatic rings. The SMILES string of the molecule is Cc1ccc(C2CCC3(CC2)CN(C=O)C3)nc1C(C)C. The lowest BCUT2D eigenvalue weighted by Gasteiger charge is -2.52. The van der Waals surface area contributed by atoms with Crippen LogP contribution in [0.15, 0.2) is 12.1 Å². The molecule has 2 fully saturated rings. The second-order valence-electron chi connectivity index (χ2n) is 7.38. The number of likely N-dealkylation sites (tertiary alicyclic amines) is 1. The smallest absolute Gasteiger partial charge is 0.209 e. The van der Waals surface area contributed by atoms with E-state index in [1.807, 2.05) is 4.90 Å². The van der Waals surface area contributed by atoms with Crippen LogP contribution < -0.4 is 0 Å². The Morgan fingerprint density at radius 1 is 1.29 bits per heavy atom. The average molecular weight is 286 g/mol. The Morgan fingerprint density at radius 3 is 2.52 bits per heavy atom. The van der Waals surface area contributed by atoms with Crippen molar-refractivity contribution in [3.05, 3.63) is 29.1 Å². The minimum absolute atomic E-state index is 0.434. The first kappa shape index (κ1) is 14.6. The van der Waals surface area contributed by atoms with E-state index in [1.165, 1.54) is 42.6 Å². The fraction of sp³-hybridized carbons (Fsp3) is 0.667. The maximum atomic E-state index is 10.7. The summed E-state index contributed by atoms with van der Waals surface area (Å²) in [5.41, 5.74) is 4.28. The predicted molar refractivity (Wildman–Crippen MR) is 84.3 cm³/mol. The second-order valence-corrected chi connectivity index (χ2v) is 7.38. The molecule has 1 aliphatic heterocycles. The van der Waals surface area contributed by atoms with Crippen LogP contribution in [-0.4, -0.2) is 29.4 Å². The Morgan fingerprint density at radius 2 is 1.95 bits per heavy atom. The molecule has 1 aromatic rings. The summed E-state index contributed by atoms with van der Waals surface area (Å²) in [6.45, 7) is 8.54. The van der Waals surface area contributed by atoms with Crippen LogP contribution >= 0.6 is 0 Å². The highest BCUT2D eigenvalue weighted by molar-refractivity contribution is 5.49. The van der Waals surface area contributed by atoms with Crippen molar-refractivity contribution in [2.24, 2.45) is 5.41 Å². The van der Waals surface area contributed by atoms with Gasteiger partial charge < -0.3 is 4.90 Å². The lowest BCUT2D eigenvalue weighted by atomic mass is 9.65. The lowest BCUT2D eigenvalue weighted by molar-refractivity contribution is -0.131. The van der Waals surface area contributed by atoms with Gasteiger partial charge in [0, 0.05) is 35.8 Å². The van der Waals surface area contributed by atoms with Gasteiger partial charge >= 0.3 is 0 Å². The van der Waals surface area contributed by atoms with Crippen LogP contribution in [0, 0.1) is 12.3 Å². The number of aromatic nitrogens is 1. The van der Waals surface area contributed by atoms with Crippen molar-refractivity contribution in [2.45, 2.75) is 58.3 Å². The number of aryl methyl sites for hydroxylation is 1. The molecule has 1 saturated carbocycles. The maximum absolute atomic E-state index is 10.7. The van der Waals surface area contributed by atoms with Crippen LogP contribution in [0.3, 0.4) is 0 Å². The predicted octanol–water partition coefficient (Wildman–Crippen LogP) is 3.63. The third kappa shape index (κ3) is 2.70. The third-order valence-electron chi connectivity index (χ3n) is 5.40. The highest BCUT2D eigenvalue weighted by Gasteiger charge is 2.44. The summed E-state index contributed by atoms with van der Waals surface area (Å²) in [5, 5.41) is 0. The van der Waals surface area contributed by atoms with Crippen LogP contribution in [0.2, 0.25) is 0 Å². The fourth-order valence-electron chi connectivity index (χ4n) is 4.10. The van der Waals surface area contributed by atoms with Gasteiger partial charge in [-0.2, -0.15) is 0 Å². The first-order valence-corrected chi connectivity index (χ1v) is 8.20. The number of carbonyl (C=O) groups excluding carboxylic acids is 1. The van der Waals surface area contributed by atoms with Crippen molar-refractivity contribution < 1.29 is 4.79 Å². The van der Waals surface area contributed by atoms with E-state index in [1.54, 1.807) is 0 Å². The number of amides is 1. The Bertz CT molecular complexity index is 522. The van der Waals surface area contributed by atoms with Crippen molar-refractivity contribution in [1.82, 2.24) is 9.88 Å². The molecule has 0 atom stereocenters. The normalized spacial score (nSPS) is 21.6. The number of nitrogens with zero attached hydrogens (tertiary/aromatic N) is 2. The van der Waals surface area contributed by atoms with E-state index in [9.17, 15) is 4.79 Å². The minimum Gasteiger partial charge on any atom is -0.344 e. The molecule has 0 radical (unpaired) electrons. The topological polar surface area (TPSA) is 33.2 Å². The van der Waals surface area contributed by atoms with Gasteiger partial charge in [0.05, 0.1) is 0 Å². The van der Waals surface area contributed by atoms with Gasteiger partial charge in [-0.05, 0) is 50.2 Å². The summed E-state index contributed by atoms with van der Waals surface area (Å²) < 4.78 is 0. The zero-order chi connectivity index (χ0) is 15.0. The van der Waals surface area contributed by atoms with Gasteiger partial charge in [0.1, 0.15) is 0 Å². The molecule has 0 N–H and O–H groups in total. The number of rotatable bonds is 3. The maximum Gasteiger partial charge on any atom is 0.209 e. The summed E-state index contributed by atoms with van der Waals surface area (Å²) in [6, 6.07) is 4.46. The van der Waals surface area contributed by atoms with Crippen LogP contribution in [0.4, 0.5) is 0 Å². The summed E-state index contributed by atoms with van der Waals surface area (Å²) in [7, 11) is 0. The molecule has 114 valence electrons. The largest absolute Gasteiger partial charge is 0.344 e. The van der Waals surface area contributed by atoms with Crippen molar-refractivity contribution in [3.63, 3.8) is 0 Å². The summed E-state index contributed by atoms with van der Waals surface area (Å²) in [5.74, 6) is 1.10. The number of hydrogen-bond acceptors (Lipinski definition) is 2. The van der Waals surface area contributed by atoms with E-state index in [4.69, 9.17) is 4.98 Å². The molecule has 1 saturated heterocycles. The summed E-state index contributed by atoms with van der Waals surface area (Å²) in [4.78, 5) is 17.6. The Balaban J connectivity index is 1.67. The van der Waals surface area contributed by atoms with Gasteiger partial charge in [-0.1, -0.05) is 19.9 Å². The number of hydrogen-bond donors (Lipinski definition) is 0. The van der Waals surface area contributed by atoms with Gasteiger partial charge in [0.25, 0.3) is 0 Å². The van der Waals surface area contributed by atoms with E-state index < -0.39 is 0 Å². The molecule has 21 heavy (non-hydrogen) atoms. The summed E-state index contributed by atoms with van der Waals surface area (Å²) >= 11 is 0. The molecule has 3 nitrogen and oxygen atoms in total. The molecular formula is C18H26N2O. The number of carbonyl (C=O) groups is 1. The highest BCUT2D eigenvalue weighted by Crippen LogP contribution is 2.47. The van der Waals surface area contributed by atoms with Crippen molar-refractivity contribution >= 4 is 6.41 Å². The molecule has 1 spiro atoms. The first-order chi connectivity index (χ1) is 10.0. The van der Waals surface area contributed by atoms with Crippen molar-refractivity contribution in [2.75, 3.05) is 13.1 Å². The highest BCUT2D eigenvalue weighted by atomic mass is 16.1. The molecule has 1 aromatic heterocycles. The molecule has 1 amide bonds. The molecule has 3 rings (SSSR count). The van der Waals surface area contributed by atoms with E-state index in [0.717, 1.165) is 19.5 Å². The molecule has 2 heterocycles. The zero-order valence-corrected chi connectivity index (χ0v) is 13.4. The molecule has 0 aromatic carbocycles. The van der Waals surface area contributed by atoms with Crippen LogP contribution in [0.1, 0.15) is 68.3 Å². The second kappa shape index (κ2) is 5.43. The molecule has 0 unspecified atom stereocenters. The van der Waals surface area contributed by atoms with Crippen LogP contribution in [-0.2, 0) is 4.79 Å². The molecule has 1 aliphatic carbocycles. The molecule has 0 bridgehead atoms. The Kier molecular flexibility index (Phi) is 3.76. The summed E-state index contributed by atoms with van der Waals surface area (Å²) in [6.07, 6.45) is 5.93. The molecular weight excluding hydrogens is 260 g/mol. The Labute approximate surface area is 127 Å². The first-order valence-electron chi connectivity index (χ1n) is 8.20. The minimum atomic E-state index is 0.434. The van der Waals surface area contributed by atoms with E-state index in [2.05, 4.69) is 32.9 Å². The van der Waals surface area contributed by atoms with Crippen molar-refractivity contribution in [1.29, 1.82) is 0 Å². The van der Waals surface area contributed by atoms with E-state index in [0.29, 0.717) is 17.3 Å². The van der Waals surface area contributed by atoms with E-state index >= 15 is 0 Å². The average Bonchev–Trinajstić information content (AvgIpc) is 2.45. The van der Waals surface area contributed by atoms with Crippen molar-refractivity contribution in [3.8, 4) is 0 Å².